The predicted molar refractivity (Wildman–Crippen MR) is 46.4 cm³/mol. The average Bonchev–Trinajstić information content (AvgIpc) is 2.71. The minimum atomic E-state index is -0.0874. The summed E-state index contributed by atoms with van der Waals surface area (Å²) in [7, 11) is 0. The first-order valence-corrected chi connectivity index (χ1v) is 4.58. The first kappa shape index (κ1) is 9.57. The zero-order chi connectivity index (χ0) is 9.80. The van der Waals surface area contributed by atoms with Gasteiger partial charge in [-0.2, -0.15) is 4.98 Å². The minimum absolute atomic E-state index is 0.0583. The summed E-state index contributed by atoms with van der Waals surface area (Å²) < 4.78 is 9.96. The van der Waals surface area contributed by atoms with Crippen molar-refractivity contribution in [3.63, 3.8) is 0 Å². The molecule has 1 aromatic heterocycles. The van der Waals surface area contributed by atoms with E-state index in [9.17, 15) is 0 Å². The highest BCUT2D eigenvalue weighted by molar-refractivity contribution is 4.80. The SMILES string of the molecule is OCC1CN(Cc2ncon2)CCO1. The van der Waals surface area contributed by atoms with Crippen molar-refractivity contribution in [2.45, 2.75) is 12.6 Å². The van der Waals surface area contributed by atoms with Crippen molar-refractivity contribution >= 4 is 0 Å². The molecule has 0 radical (unpaired) electrons. The molecule has 6 heteroatoms. The Morgan fingerprint density at radius 1 is 1.64 bits per heavy atom. The summed E-state index contributed by atoms with van der Waals surface area (Å²) in [6.07, 6.45) is 1.23. The lowest BCUT2D eigenvalue weighted by molar-refractivity contribution is -0.0558. The number of nitrogens with zero attached hydrogens (tertiary/aromatic N) is 3. The molecule has 1 fully saturated rings. The first-order valence-electron chi connectivity index (χ1n) is 4.58. The first-order chi connectivity index (χ1) is 6.88. The Morgan fingerprint density at radius 3 is 3.29 bits per heavy atom. The third kappa shape index (κ3) is 2.28. The van der Waals surface area contributed by atoms with Crippen LogP contribution in [0, 0.1) is 0 Å². The topological polar surface area (TPSA) is 71.6 Å². The van der Waals surface area contributed by atoms with E-state index in [0.29, 0.717) is 25.5 Å². The van der Waals surface area contributed by atoms with Gasteiger partial charge in [-0.05, 0) is 0 Å². The van der Waals surface area contributed by atoms with Crippen LogP contribution in [0.15, 0.2) is 10.9 Å². The molecule has 6 nitrogen and oxygen atoms in total. The van der Waals surface area contributed by atoms with Crippen LogP contribution in [0.4, 0.5) is 0 Å². The largest absolute Gasteiger partial charge is 0.394 e. The van der Waals surface area contributed by atoms with E-state index in [0.717, 1.165) is 6.54 Å². The average molecular weight is 199 g/mol. The summed E-state index contributed by atoms with van der Waals surface area (Å²) in [5.41, 5.74) is 0. The van der Waals surface area contributed by atoms with Gasteiger partial charge in [-0.15, -0.1) is 0 Å². The summed E-state index contributed by atoms with van der Waals surface area (Å²) in [4.78, 5) is 6.07. The maximum absolute atomic E-state index is 8.93. The molecule has 78 valence electrons. The Balaban J connectivity index is 1.86. The number of aliphatic hydroxyl groups excluding tert-OH is 1. The van der Waals surface area contributed by atoms with Crippen molar-refractivity contribution in [2.24, 2.45) is 0 Å². The van der Waals surface area contributed by atoms with E-state index in [-0.39, 0.29) is 12.7 Å². The van der Waals surface area contributed by atoms with Gasteiger partial charge in [-0.3, -0.25) is 4.90 Å². The van der Waals surface area contributed by atoms with Crippen molar-refractivity contribution < 1.29 is 14.4 Å². The number of hydrogen-bond donors (Lipinski definition) is 1. The smallest absolute Gasteiger partial charge is 0.213 e. The van der Waals surface area contributed by atoms with Gasteiger partial charge in [0.15, 0.2) is 5.82 Å². The fourth-order valence-electron chi connectivity index (χ4n) is 1.50. The Morgan fingerprint density at radius 2 is 2.57 bits per heavy atom. The molecule has 0 spiro atoms. The van der Waals surface area contributed by atoms with E-state index in [1.165, 1.54) is 6.39 Å². The molecule has 1 aliphatic rings. The Bertz CT molecular complexity index is 265. The lowest BCUT2D eigenvalue weighted by Crippen LogP contribution is -2.43. The Labute approximate surface area is 81.5 Å². The third-order valence-corrected chi connectivity index (χ3v) is 2.20. The number of morpholine rings is 1. The van der Waals surface area contributed by atoms with Crippen molar-refractivity contribution in [3.8, 4) is 0 Å². The summed E-state index contributed by atoms with van der Waals surface area (Å²) in [6, 6.07) is 0. The standard InChI is InChI=1S/C8H13N3O3/c12-5-7-3-11(1-2-13-7)4-8-9-6-14-10-8/h6-7,12H,1-5H2. The zero-order valence-corrected chi connectivity index (χ0v) is 7.80. The number of rotatable bonds is 3. The van der Waals surface area contributed by atoms with Crippen LogP contribution in [-0.2, 0) is 11.3 Å². The highest BCUT2D eigenvalue weighted by Crippen LogP contribution is 2.07. The molecular weight excluding hydrogens is 186 g/mol. The molecule has 0 bridgehead atoms. The van der Waals surface area contributed by atoms with Gasteiger partial charge in [0.05, 0.1) is 25.9 Å². The summed E-state index contributed by atoms with van der Waals surface area (Å²) in [5.74, 6) is 0.670. The summed E-state index contributed by atoms with van der Waals surface area (Å²) in [6.45, 7) is 2.90. The highest BCUT2D eigenvalue weighted by atomic mass is 16.5. The van der Waals surface area contributed by atoms with Crippen LogP contribution in [0.3, 0.4) is 0 Å². The van der Waals surface area contributed by atoms with Gasteiger partial charge in [0, 0.05) is 13.1 Å². The van der Waals surface area contributed by atoms with Gasteiger partial charge in [0.25, 0.3) is 0 Å². The Hall–Kier alpha value is -0.980. The van der Waals surface area contributed by atoms with Crippen molar-refractivity contribution in [2.75, 3.05) is 26.3 Å². The number of hydrogen-bond acceptors (Lipinski definition) is 6. The van der Waals surface area contributed by atoms with Crippen LogP contribution in [-0.4, -0.2) is 52.6 Å². The lowest BCUT2D eigenvalue weighted by atomic mass is 10.3. The van der Waals surface area contributed by atoms with Gasteiger partial charge >= 0.3 is 0 Å². The second-order valence-corrected chi connectivity index (χ2v) is 3.26. The number of ether oxygens (including phenoxy) is 1. The van der Waals surface area contributed by atoms with E-state index in [4.69, 9.17) is 9.84 Å². The summed E-state index contributed by atoms with van der Waals surface area (Å²) >= 11 is 0. The van der Waals surface area contributed by atoms with E-state index >= 15 is 0 Å². The van der Waals surface area contributed by atoms with E-state index in [1.807, 2.05) is 0 Å². The van der Waals surface area contributed by atoms with Crippen molar-refractivity contribution in [3.05, 3.63) is 12.2 Å². The fourth-order valence-corrected chi connectivity index (χ4v) is 1.50. The monoisotopic (exact) mass is 199 g/mol. The van der Waals surface area contributed by atoms with E-state index in [1.54, 1.807) is 0 Å². The molecule has 14 heavy (non-hydrogen) atoms. The molecule has 0 aromatic carbocycles. The van der Waals surface area contributed by atoms with Crippen LogP contribution >= 0.6 is 0 Å². The van der Waals surface area contributed by atoms with Crippen LogP contribution in [0.25, 0.3) is 0 Å². The molecule has 1 aliphatic heterocycles. The van der Waals surface area contributed by atoms with Crippen LogP contribution in [0.1, 0.15) is 5.82 Å². The quantitative estimate of drug-likeness (QED) is 0.691. The normalized spacial score (nSPS) is 23.9. The zero-order valence-electron chi connectivity index (χ0n) is 7.80. The maximum atomic E-state index is 8.93. The molecule has 0 aliphatic carbocycles. The molecule has 1 saturated heterocycles. The van der Waals surface area contributed by atoms with Crippen LogP contribution in [0.2, 0.25) is 0 Å². The molecule has 1 atom stereocenters. The van der Waals surface area contributed by atoms with Gasteiger partial charge < -0.3 is 14.4 Å². The predicted octanol–water partition coefficient (Wildman–Crippen LogP) is -0.737. The molecule has 1 unspecified atom stereocenters. The van der Waals surface area contributed by atoms with Crippen molar-refractivity contribution in [1.29, 1.82) is 0 Å². The van der Waals surface area contributed by atoms with E-state index in [2.05, 4.69) is 19.6 Å². The van der Waals surface area contributed by atoms with Crippen LogP contribution < -0.4 is 0 Å². The van der Waals surface area contributed by atoms with Gasteiger partial charge in [0.2, 0.25) is 6.39 Å². The second kappa shape index (κ2) is 4.50. The molecule has 2 heterocycles. The lowest BCUT2D eigenvalue weighted by Gasteiger charge is -2.30. The Kier molecular flexibility index (Phi) is 3.07. The number of aliphatic hydroxyl groups is 1. The maximum Gasteiger partial charge on any atom is 0.213 e. The fraction of sp³-hybridized carbons (Fsp3) is 0.750. The summed E-state index contributed by atoms with van der Waals surface area (Å²) in [5, 5.41) is 12.7. The van der Waals surface area contributed by atoms with Gasteiger partial charge in [-0.1, -0.05) is 5.16 Å². The van der Waals surface area contributed by atoms with E-state index < -0.39 is 0 Å². The molecular formula is C8H13N3O3. The molecule has 1 N–H and O–H groups in total. The molecule has 0 saturated carbocycles. The molecule has 2 rings (SSSR count). The van der Waals surface area contributed by atoms with Crippen LogP contribution in [0.5, 0.6) is 0 Å². The highest BCUT2D eigenvalue weighted by Gasteiger charge is 2.20. The molecule has 0 amide bonds. The van der Waals surface area contributed by atoms with Gasteiger partial charge in [-0.25, -0.2) is 0 Å². The van der Waals surface area contributed by atoms with Gasteiger partial charge in [0.1, 0.15) is 0 Å². The second-order valence-electron chi connectivity index (χ2n) is 3.26. The van der Waals surface area contributed by atoms with Crippen molar-refractivity contribution in [1.82, 2.24) is 15.0 Å². The minimum Gasteiger partial charge on any atom is -0.394 e. The number of aromatic nitrogens is 2. The third-order valence-electron chi connectivity index (χ3n) is 2.20. The molecule has 1 aromatic rings.